The maximum Gasteiger partial charge on any atom is 0.0511 e. The molecule has 2 nitrogen and oxygen atoms in total. The maximum absolute atomic E-state index is 5.74. The first-order valence-corrected chi connectivity index (χ1v) is 8.21. The molecule has 0 spiro atoms. The second-order valence-corrected chi connectivity index (χ2v) is 6.53. The third kappa shape index (κ3) is 3.92. The molecule has 0 bridgehead atoms. The van der Waals surface area contributed by atoms with E-state index in [1.165, 1.54) is 11.1 Å². The van der Waals surface area contributed by atoms with Crippen LogP contribution < -0.4 is 11.3 Å². The molecular formula is C16H18Br2N2. The van der Waals surface area contributed by atoms with E-state index in [1.807, 2.05) is 12.1 Å². The van der Waals surface area contributed by atoms with E-state index in [-0.39, 0.29) is 6.04 Å². The highest BCUT2D eigenvalue weighted by molar-refractivity contribution is 9.11. The molecule has 2 rings (SSSR count). The van der Waals surface area contributed by atoms with Crippen LogP contribution in [-0.4, -0.2) is 0 Å². The van der Waals surface area contributed by atoms with Crippen LogP contribution in [0.4, 0.5) is 0 Å². The van der Waals surface area contributed by atoms with Crippen molar-refractivity contribution in [1.82, 2.24) is 5.43 Å². The Balaban J connectivity index is 2.21. The fraction of sp³-hybridized carbons (Fsp3) is 0.250. The second kappa shape index (κ2) is 7.36. The molecule has 0 aromatic heterocycles. The first-order chi connectivity index (χ1) is 9.63. The van der Waals surface area contributed by atoms with Crippen molar-refractivity contribution in [3.63, 3.8) is 0 Å². The van der Waals surface area contributed by atoms with Gasteiger partial charge in [-0.15, -0.1) is 0 Å². The zero-order valence-electron chi connectivity index (χ0n) is 11.4. The van der Waals surface area contributed by atoms with E-state index in [2.05, 4.69) is 74.5 Å². The van der Waals surface area contributed by atoms with E-state index in [4.69, 9.17) is 5.84 Å². The number of aryl methyl sites for hydroxylation is 1. The molecule has 2 aromatic rings. The number of rotatable bonds is 5. The van der Waals surface area contributed by atoms with Crippen molar-refractivity contribution in [2.24, 2.45) is 5.84 Å². The van der Waals surface area contributed by atoms with Crippen LogP contribution in [0.2, 0.25) is 0 Å². The monoisotopic (exact) mass is 396 g/mol. The summed E-state index contributed by atoms with van der Waals surface area (Å²) < 4.78 is 2.12. The van der Waals surface area contributed by atoms with Crippen molar-refractivity contribution < 1.29 is 0 Å². The molecule has 1 unspecified atom stereocenters. The smallest absolute Gasteiger partial charge is 0.0511 e. The van der Waals surface area contributed by atoms with E-state index < -0.39 is 0 Å². The van der Waals surface area contributed by atoms with Gasteiger partial charge in [-0.2, -0.15) is 0 Å². The third-order valence-corrected chi connectivity index (χ3v) is 4.62. The van der Waals surface area contributed by atoms with Crippen LogP contribution in [0, 0.1) is 0 Å². The predicted octanol–water partition coefficient (Wildman–Crippen LogP) is 4.52. The van der Waals surface area contributed by atoms with Crippen LogP contribution in [0.15, 0.2) is 51.4 Å². The van der Waals surface area contributed by atoms with Gasteiger partial charge in [0.05, 0.1) is 6.04 Å². The van der Waals surface area contributed by atoms with Crippen molar-refractivity contribution in [3.8, 4) is 0 Å². The molecule has 0 aliphatic heterocycles. The van der Waals surface area contributed by atoms with E-state index in [0.717, 1.165) is 27.4 Å². The van der Waals surface area contributed by atoms with Crippen LogP contribution >= 0.6 is 31.9 Å². The molecule has 0 aliphatic rings. The van der Waals surface area contributed by atoms with Gasteiger partial charge in [0.2, 0.25) is 0 Å². The van der Waals surface area contributed by atoms with Gasteiger partial charge in [-0.05, 0) is 47.7 Å². The molecule has 20 heavy (non-hydrogen) atoms. The minimum Gasteiger partial charge on any atom is -0.271 e. The highest BCUT2D eigenvalue weighted by Crippen LogP contribution is 2.28. The Labute approximate surface area is 137 Å². The van der Waals surface area contributed by atoms with Gasteiger partial charge in [0.25, 0.3) is 0 Å². The fourth-order valence-electron chi connectivity index (χ4n) is 2.19. The number of halogens is 2. The van der Waals surface area contributed by atoms with Gasteiger partial charge in [-0.25, -0.2) is 0 Å². The van der Waals surface area contributed by atoms with Gasteiger partial charge < -0.3 is 0 Å². The van der Waals surface area contributed by atoms with Gasteiger partial charge in [0, 0.05) is 8.95 Å². The quantitative estimate of drug-likeness (QED) is 0.574. The van der Waals surface area contributed by atoms with Gasteiger partial charge in [0.1, 0.15) is 0 Å². The van der Waals surface area contributed by atoms with Gasteiger partial charge in [-0.3, -0.25) is 11.3 Å². The third-order valence-electron chi connectivity index (χ3n) is 3.41. The predicted molar refractivity (Wildman–Crippen MR) is 91.4 cm³/mol. The molecular weight excluding hydrogens is 380 g/mol. The van der Waals surface area contributed by atoms with Crippen LogP contribution in [0.1, 0.15) is 29.7 Å². The Kier molecular flexibility index (Phi) is 5.78. The van der Waals surface area contributed by atoms with E-state index >= 15 is 0 Å². The zero-order valence-corrected chi connectivity index (χ0v) is 14.5. The number of nitrogens with two attached hydrogens (primary N) is 1. The number of benzene rings is 2. The average molecular weight is 398 g/mol. The van der Waals surface area contributed by atoms with Crippen molar-refractivity contribution in [2.45, 2.75) is 25.8 Å². The molecule has 0 heterocycles. The molecule has 0 aliphatic carbocycles. The Morgan fingerprint density at radius 2 is 1.70 bits per heavy atom. The molecule has 3 N–H and O–H groups in total. The lowest BCUT2D eigenvalue weighted by Crippen LogP contribution is -2.29. The minimum absolute atomic E-state index is 0.0781. The summed E-state index contributed by atoms with van der Waals surface area (Å²) >= 11 is 7.10. The summed E-state index contributed by atoms with van der Waals surface area (Å²) in [6, 6.07) is 14.9. The number of hydrazine groups is 1. The lowest BCUT2D eigenvalue weighted by molar-refractivity contribution is 0.549. The first kappa shape index (κ1) is 15.7. The molecule has 0 amide bonds. The molecule has 0 saturated heterocycles. The lowest BCUT2D eigenvalue weighted by Gasteiger charge is -2.18. The Morgan fingerprint density at radius 1 is 1.05 bits per heavy atom. The van der Waals surface area contributed by atoms with Crippen LogP contribution in [0.3, 0.4) is 0 Å². The molecule has 0 saturated carbocycles. The summed E-state index contributed by atoms with van der Waals surface area (Å²) in [6.45, 7) is 2.16. The minimum atomic E-state index is 0.0781. The van der Waals surface area contributed by atoms with E-state index in [0.29, 0.717) is 0 Å². The summed E-state index contributed by atoms with van der Waals surface area (Å²) in [7, 11) is 0. The van der Waals surface area contributed by atoms with Crippen molar-refractivity contribution in [3.05, 3.63) is 68.1 Å². The molecule has 0 fully saturated rings. The Bertz CT molecular complexity index is 567. The molecule has 1 atom stereocenters. The van der Waals surface area contributed by atoms with Crippen molar-refractivity contribution in [2.75, 3.05) is 0 Å². The summed E-state index contributed by atoms with van der Waals surface area (Å²) in [5.41, 5.74) is 6.70. The second-order valence-electron chi connectivity index (χ2n) is 4.76. The highest BCUT2D eigenvalue weighted by Gasteiger charge is 2.14. The van der Waals surface area contributed by atoms with Crippen LogP contribution in [0.25, 0.3) is 0 Å². The molecule has 2 aromatic carbocycles. The fourth-order valence-corrected chi connectivity index (χ4v) is 3.09. The van der Waals surface area contributed by atoms with Crippen molar-refractivity contribution >= 4 is 31.9 Å². The maximum atomic E-state index is 5.74. The molecule has 0 radical (unpaired) electrons. The average Bonchev–Trinajstić information content (AvgIpc) is 2.48. The first-order valence-electron chi connectivity index (χ1n) is 6.63. The van der Waals surface area contributed by atoms with Gasteiger partial charge in [0.15, 0.2) is 0 Å². The Hall–Kier alpha value is -0.680. The number of hydrogen-bond acceptors (Lipinski definition) is 2. The topological polar surface area (TPSA) is 38.0 Å². The highest BCUT2D eigenvalue weighted by atomic mass is 79.9. The summed E-state index contributed by atoms with van der Waals surface area (Å²) in [5, 5.41) is 0. The summed E-state index contributed by atoms with van der Waals surface area (Å²) in [5.74, 6) is 5.74. The zero-order chi connectivity index (χ0) is 14.5. The van der Waals surface area contributed by atoms with Crippen LogP contribution in [-0.2, 0) is 12.8 Å². The summed E-state index contributed by atoms with van der Waals surface area (Å²) in [4.78, 5) is 0. The lowest BCUT2D eigenvalue weighted by atomic mass is 9.98. The molecule has 4 heteroatoms. The van der Waals surface area contributed by atoms with Crippen LogP contribution in [0.5, 0.6) is 0 Å². The van der Waals surface area contributed by atoms with Gasteiger partial charge >= 0.3 is 0 Å². The van der Waals surface area contributed by atoms with E-state index in [1.54, 1.807) is 0 Å². The SMILES string of the molecule is CCc1ccc(CC(NN)c2cc(Br)ccc2Br)cc1. The molecule has 106 valence electrons. The number of nitrogens with one attached hydrogen (secondary N) is 1. The van der Waals surface area contributed by atoms with Gasteiger partial charge in [-0.1, -0.05) is 63.0 Å². The largest absolute Gasteiger partial charge is 0.271 e. The normalized spacial score (nSPS) is 12.4. The summed E-state index contributed by atoms with van der Waals surface area (Å²) in [6.07, 6.45) is 1.92. The van der Waals surface area contributed by atoms with E-state index in [9.17, 15) is 0 Å². The number of hydrogen-bond donors (Lipinski definition) is 2. The van der Waals surface area contributed by atoms with Crippen molar-refractivity contribution in [1.29, 1.82) is 0 Å². The standard InChI is InChI=1S/C16H18Br2N2/c1-2-11-3-5-12(6-4-11)9-16(20-19)14-10-13(17)7-8-15(14)18/h3-8,10,16,20H,2,9,19H2,1H3. The Morgan fingerprint density at radius 3 is 2.30 bits per heavy atom.